The first kappa shape index (κ1) is 15.4. The lowest BCUT2D eigenvalue weighted by atomic mass is 10.0. The lowest BCUT2D eigenvalue weighted by Crippen LogP contribution is -2.41. The molecule has 0 unspecified atom stereocenters. The van der Waals surface area contributed by atoms with Gasteiger partial charge in [0.15, 0.2) is 0 Å². The van der Waals surface area contributed by atoms with Crippen LogP contribution in [0.2, 0.25) is 0 Å². The number of aliphatic hydroxyl groups is 1. The number of aromatic nitrogens is 1. The van der Waals surface area contributed by atoms with Gasteiger partial charge in [0, 0.05) is 17.8 Å². The van der Waals surface area contributed by atoms with Gasteiger partial charge in [0.1, 0.15) is 17.7 Å². The monoisotopic (exact) mass is 268 g/mol. The summed E-state index contributed by atoms with van der Waals surface area (Å²) in [6.45, 7) is 5.21. The fourth-order valence-corrected chi connectivity index (χ4v) is 1.39. The Hall–Kier alpha value is -1.66. The van der Waals surface area contributed by atoms with Crippen LogP contribution in [-0.4, -0.2) is 34.8 Å². The highest BCUT2D eigenvalue weighted by molar-refractivity contribution is 5.77. The minimum absolute atomic E-state index is 0.418. The first-order valence-corrected chi connectivity index (χ1v) is 5.91. The Morgan fingerprint density at radius 3 is 2.47 bits per heavy atom. The molecule has 0 amide bonds. The second kappa shape index (κ2) is 5.99. The van der Waals surface area contributed by atoms with E-state index in [0.717, 1.165) is 0 Å². The average Bonchev–Trinajstić information content (AvgIpc) is 2.35. The Labute approximate surface area is 112 Å². The molecule has 2 atom stereocenters. The zero-order valence-corrected chi connectivity index (χ0v) is 11.6. The number of pyridine rings is 1. The summed E-state index contributed by atoms with van der Waals surface area (Å²) in [6, 6.07) is 2.02. The number of ether oxygens (including phenoxy) is 2. The Kier molecular flexibility index (Phi) is 4.85. The Morgan fingerprint density at radius 2 is 2.05 bits per heavy atom. The smallest absolute Gasteiger partial charge is 0.326 e. The highest BCUT2D eigenvalue weighted by Gasteiger charge is 2.29. The molecule has 0 spiro atoms. The Bertz CT molecular complexity index is 425. The van der Waals surface area contributed by atoms with Crippen LogP contribution in [0.4, 0.5) is 0 Å². The molecule has 6 nitrogen and oxygen atoms in total. The highest BCUT2D eigenvalue weighted by atomic mass is 16.6. The lowest BCUT2D eigenvalue weighted by Gasteiger charge is -2.24. The first-order chi connectivity index (χ1) is 8.74. The van der Waals surface area contributed by atoms with E-state index in [9.17, 15) is 9.90 Å². The summed E-state index contributed by atoms with van der Waals surface area (Å²) in [6.07, 6.45) is 0.238. The van der Waals surface area contributed by atoms with Gasteiger partial charge in [-0.3, -0.25) is 4.79 Å². The molecular formula is C13H20N2O4. The molecule has 1 aromatic heterocycles. The molecule has 0 saturated carbocycles. The fourth-order valence-electron chi connectivity index (χ4n) is 1.39. The van der Waals surface area contributed by atoms with Crippen molar-refractivity contribution in [3.05, 3.63) is 23.9 Å². The normalized spacial score (nSPS) is 14.6. The number of rotatable bonds is 4. The number of nitrogens with two attached hydrogens (primary N) is 1. The van der Waals surface area contributed by atoms with E-state index in [1.165, 1.54) is 13.3 Å². The van der Waals surface area contributed by atoms with Gasteiger partial charge >= 0.3 is 5.97 Å². The predicted octanol–water partition coefficient (Wildman–Crippen LogP) is 0.793. The Balaban J connectivity index is 2.75. The summed E-state index contributed by atoms with van der Waals surface area (Å²) in [4.78, 5) is 15.7. The third-order valence-corrected chi connectivity index (χ3v) is 2.33. The molecule has 0 saturated heterocycles. The van der Waals surface area contributed by atoms with Crippen molar-refractivity contribution in [1.82, 2.24) is 4.98 Å². The van der Waals surface area contributed by atoms with Gasteiger partial charge in [-0.15, -0.1) is 0 Å². The van der Waals surface area contributed by atoms with Crippen LogP contribution in [0.5, 0.6) is 5.88 Å². The first-order valence-electron chi connectivity index (χ1n) is 5.91. The third kappa shape index (κ3) is 4.50. The molecule has 6 heteroatoms. The van der Waals surface area contributed by atoms with Gasteiger partial charge in [0.05, 0.1) is 7.11 Å². The molecule has 0 aliphatic heterocycles. The Morgan fingerprint density at radius 1 is 1.42 bits per heavy atom. The van der Waals surface area contributed by atoms with Crippen LogP contribution in [0.15, 0.2) is 18.3 Å². The number of carbonyl (C=O) groups excluding carboxylic acids is 1. The molecule has 1 heterocycles. The van der Waals surface area contributed by atoms with Gasteiger partial charge in [0.2, 0.25) is 5.88 Å². The molecule has 1 rings (SSSR count). The SMILES string of the molecule is COc1ccc([C@H](O)[C@H](N)C(=O)OC(C)(C)C)cn1. The van der Waals surface area contributed by atoms with Crippen LogP contribution in [-0.2, 0) is 9.53 Å². The largest absolute Gasteiger partial charge is 0.481 e. The topological polar surface area (TPSA) is 94.7 Å². The van der Waals surface area contributed by atoms with Gasteiger partial charge in [-0.25, -0.2) is 4.98 Å². The van der Waals surface area contributed by atoms with Crippen molar-refractivity contribution < 1.29 is 19.4 Å². The molecule has 106 valence electrons. The summed E-state index contributed by atoms with van der Waals surface area (Å²) >= 11 is 0. The van der Waals surface area contributed by atoms with Crippen LogP contribution in [0, 0.1) is 0 Å². The van der Waals surface area contributed by atoms with Crippen molar-refractivity contribution in [2.45, 2.75) is 38.5 Å². The summed E-state index contributed by atoms with van der Waals surface area (Å²) in [7, 11) is 1.49. The van der Waals surface area contributed by atoms with Crippen molar-refractivity contribution in [3.63, 3.8) is 0 Å². The van der Waals surface area contributed by atoms with E-state index in [2.05, 4.69) is 4.98 Å². The molecule has 0 aliphatic rings. The van der Waals surface area contributed by atoms with Gasteiger partial charge in [-0.2, -0.15) is 0 Å². The lowest BCUT2D eigenvalue weighted by molar-refractivity contribution is -0.159. The van der Waals surface area contributed by atoms with Crippen molar-refractivity contribution in [2.75, 3.05) is 7.11 Å². The highest BCUT2D eigenvalue weighted by Crippen LogP contribution is 2.19. The zero-order chi connectivity index (χ0) is 14.6. The second-order valence-electron chi connectivity index (χ2n) is 5.14. The van der Waals surface area contributed by atoms with Crippen LogP contribution < -0.4 is 10.5 Å². The third-order valence-electron chi connectivity index (χ3n) is 2.33. The van der Waals surface area contributed by atoms with Crippen LogP contribution in [0.25, 0.3) is 0 Å². The zero-order valence-electron chi connectivity index (χ0n) is 11.6. The minimum Gasteiger partial charge on any atom is -0.481 e. The van der Waals surface area contributed by atoms with E-state index in [4.69, 9.17) is 15.2 Å². The quantitative estimate of drug-likeness (QED) is 0.784. The molecule has 1 aromatic rings. The molecule has 0 bridgehead atoms. The molecule has 0 aromatic carbocycles. The standard InChI is InChI=1S/C13H20N2O4/c1-13(2,3)19-12(17)10(14)11(16)8-5-6-9(18-4)15-7-8/h5-7,10-11,16H,14H2,1-4H3/t10-,11-/m0/s1. The summed E-state index contributed by atoms with van der Waals surface area (Å²) in [5, 5.41) is 10.0. The summed E-state index contributed by atoms with van der Waals surface area (Å²) in [5.41, 5.74) is 5.47. The number of hydrogen-bond acceptors (Lipinski definition) is 6. The van der Waals surface area contributed by atoms with Crippen molar-refractivity contribution in [1.29, 1.82) is 0 Å². The number of aliphatic hydroxyl groups excluding tert-OH is 1. The molecule has 0 radical (unpaired) electrons. The number of methoxy groups -OCH3 is 1. The van der Waals surface area contributed by atoms with Crippen molar-refractivity contribution in [3.8, 4) is 5.88 Å². The number of carbonyl (C=O) groups is 1. The molecule has 19 heavy (non-hydrogen) atoms. The van der Waals surface area contributed by atoms with E-state index >= 15 is 0 Å². The van der Waals surface area contributed by atoms with E-state index < -0.39 is 23.7 Å². The van der Waals surface area contributed by atoms with Gasteiger partial charge in [-0.1, -0.05) is 0 Å². The predicted molar refractivity (Wildman–Crippen MR) is 69.6 cm³/mol. The maximum absolute atomic E-state index is 11.7. The van der Waals surface area contributed by atoms with Gasteiger partial charge < -0.3 is 20.3 Å². The molecular weight excluding hydrogens is 248 g/mol. The number of hydrogen-bond donors (Lipinski definition) is 2. The summed E-state index contributed by atoms with van der Waals surface area (Å²) in [5.74, 6) is -0.238. The van der Waals surface area contributed by atoms with Gasteiger partial charge in [0.25, 0.3) is 0 Å². The van der Waals surface area contributed by atoms with E-state index in [1.807, 2.05) is 0 Å². The van der Waals surface area contributed by atoms with Crippen molar-refractivity contribution in [2.24, 2.45) is 5.73 Å². The fraction of sp³-hybridized carbons (Fsp3) is 0.538. The van der Waals surface area contributed by atoms with Crippen LogP contribution in [0.1, 0.15) is 32.4 Å². The molecule has 3 N–H and O–H groups in total. The van der Waals surface area contributed by atoms with E-state index in [1.54, 1.807) is 32.9 Å². The van der Waals surface area contributed by atoms with Crippen LogP contribution >= 0.6 is 0 Å². The molecule has 0 aliphatic carbocycles. The van der Waals surface area contributed by atoms with Crippen molar-refractivity contribution >= 4 is 5.97 Å². The minimum atomic E-state index is -1.17. The second-order valence-corrected chi connectivity index (χ2v) is 5.14. The average molecular weight is 268 g/mol. The summed E-state index contributed by atoms with van der Waals surface area (Å²) < 4.78 is 10.0. The van der Waals surface area contributed by atoms with E-state index in [-0.39, 0.29) is 0 Å². The van der Waals surface area contributed by atoms with E-state index in [0.29, 0.717) is 11.4 Å². The maximum atomic E-state index is 11.7. The number of nitrogens with zero attached hydrogens (tertiary/aromatic N) is 1. The maximum Gasteiger partial charge on any atom is 0.326 e. The number of esters is 1. The van der Waals surface area contributed by atoms with Gasteiger partial charge in [-0.05, 0) is 26.8 Å². The molecule has 0 fully saturated rings. The van der Waals surface area contributed by atoms with Crippen LogP contribution in [0.3, 0.4) is 0 Å².